The minimum atomic E-state index is -2.03. The van der Waals surface area contributed by atoms with Crippen LogP contribution < -0.4 is 16.0 Å². The maximum Gasteiger partial charge on any atom is 0.217 e. The number of aliphatic hydroxyl groups is 12. The van der Waals surface area contributed by atoms with Crippen molar-refractivity contribution in [1.29, 1.82) is 0 Å². The van der Waals surface area contributed by atoms with Crippen LogP contribution in [0.25, 0.3) is 0 Å². The highest BCUT2D eigenvalue weighted by molar-refractivity contribution is 5.74. The topological polar surface area (TPSA) is 441 Å². The molecule has 6 heterocycles. The van der Waals surface area contributed by atoms with E-state index in [-0.39, 0.29) is 0 Å². The van der Waals surface area contributed by atoms with E-state index in [1.54, 1.807) is 0 Å². The van der Waals surface area contributed by atoms with E-state index in [9.17, 15) is 75.7 Å². The highest BCUT2D eigenvalue weighted by atomic mass is 16.8. The average molecular weight is 1090 g/mol. The summed E-state index contributed by atoms with van der Waals surface area (Å²) in [4.78, 5) is 37.4. The molecule has 6 saturated heterocycles. The Morgan fingerprint density at radius 2 is 0.667 bits per heavy atom. The summed E-state index contributed by atoms with van der Waals surface area (Å²) in [6.45, 7) is 10.7. The first-order valence-electron chi connectivity index (χ1n) is 24.9. The molecule has 30 atom stereocenters. The molecule has 75 heavy (non-hydrogen) atoms. The summed E-state index contributed by atoms with van der Waals surface area (Å²) < 4.78 is 71.5. The molecular weight excluding hydrogens is 1010 g/mol. The summed E-state index contributed by atoms with van der Waals surface area (Å²) in [5.41, 5.74) is 0. The highest BCUT2D eigenvalue weighted by Gasteiger charge is 2.57. The van der Waals surface area contributed by atoms with Crippen molar-refractivity contribution in [2.45, 2.75) is 252 Å². The fourth-order valence-corrected chi connectivity index (χ4v) is 9.88. The van der Waals surface area contributed by atoms with Gasteiger partial charge in [-0.1, -0.05) is 0 Å². The standard InChI is InChI=1S/C45H77N3O27/c1-12-25(54)22(46-18(7)51)30(59)40(64-12)72-36-23(47-19(8)52)26(55)14(3)68-45(36)73-37-24(48-20(9)53)27(56)13(2)67-44(37)71-35-17(6)69-41(32(61)31(35)60)74-39-29(58)16(5)66-43(34(39)63)75-38-28(57)15(4)65-42(33(38)62)70-21(10-49)11-50/h12-17,21-45,49-50,54-63H,10-11H2,1-9H3,(H,46,51)(H,47,52)(H,48,53)/t12-,13-,14-,15+,16+,17+,22+,23+,24+,25+,26+,27+,28+,29+,30-,31+,32-,33-,34-,35+,36-,37-,38-,39-,40-,41+,42+,43+,44-,45-/m1/s1. The van der Waals surface area contributed by atoms with Crippen molar-refractivity contribution >= 4 is 17.7 Å². The van der Waals surface area contributed by atoms with Gasteiger partial charge < -0.3 is 134 Å². The summed E-state index contributed by atoms with van der Waals surface area (Å²) in [6, 6.07) is -4.15. The van der Waals surface area contributed by atoms with E-state index in [4.69, 9.17) is 56.8 Å². The molecule has 6 rings (SSSR count). The molecule has 0 aromatic rings. The Labute approximate surface area is 431 Å². The predicted octanol–water partition coefficient (Wildman–Crippen LogP) is -8.13. The van der Waals surface area contributed by atoms with E-state index < -0.39 is 221 Å². The second-order valence-corrected chi connectivity index (χ2v) is 20.0. The number of carbonyl (C=O) groups excluding carboxylic acids is 3. The Balaban J connectivity index is 1.23. The van der Waals surface area contributed by atoms with Gasteiger partial charge in [0.1, 0.15) is 97.7 Å². The Kier molecular flexibility index (Phi) is 21.5. The van der Waals surface area contributed by atoms with Crippen molar-refractivity contribution in [2.24, 2.45) is 0 Å². The summed E-state index contributed by atoms with van der Waals surface area (Å²) in [5, 5.41) is 140. The van der Waals surface area contributed by atoms with E-state index in [0.717, 1.165) is 20.8 Å². The van der Waals surface area contributed by atoms with Crippen molar-refractivity contribution in [1.82, 2.24) is 16.0 Å². The average Bonchev–Trinajstić information content (AvgIpc) is 3.34. The highest BCUT2D eigenvalue weighted by Crippen LogP contribution is 2.37. The number of hydrogen-bond donors (Lipinski definition) is 15. The van der Waals surface area contributed by atoms with Crippen LogP contribution in [0.5, 0.6) is 0 Å². The van der Waals surface area contributed by atoms with E-state index in [1.807, 2.05) is 0 Å². The Morgan fingerprint density at radius 3 is 1.11 bits per heavy atom. The number of ether oxygens (including phenoxy) is 12. The van der Waals surface area contributed by atoms with Gasteiger partial charge in [-0.3, -0.25) is 14.4 Å². The molecule has 0 spiro atoms. The lowest BCUT2D eigenvalue weighted by Gasteiger charge is -2.51. The van der Waals surface area contributed by atoms with Gasteiger partial charge in [0, 0.05) is 20.8 Å². The van der Waals surface area contributed by atoms with Crippen LogP contribution in [0.15, 0.2) is 0 Å². The molecule has 6 fully saturated rings. The van der Waals surface area contributed by atoms with E-state index >= 15 is 0 Å². The molecule has 6 aliphatic rings. The molecule has 15 N–H and O–H groups in total. The largest absolute Gasteiger partial charge is 0.394 e. The first kappa shape index (κ1) is 61.7. The summed E-state index contributed by atoms with van der Waals surface area (Å²) >= 11 is 0. The third-order valence-electron chi connectivity index (χ3n) is 14.1. The third kappa shape index (κ3) is 13.9. The second kappa shape index (κ2) is 26.2. The summed E-state index contributed by atoms with van der Waals surface area (Å²) in [7, 11) is 0. The number of aliphatic hydroxyl groups excluding tert-OH is 12. The monoisotopic (exact) mass is 1090 g/mol. The summed E-state index contributed by atoms with van der Waals surface area (Å²) in [6.07, 6.45) is -43.6. The van der Waals surface area contributed by atoms with Crippen molar-refractivity contribution in [3.63, 3.8) is 0 Å². The second-order valence-electron chi connectivity index (χ2n) is 20.0. The molecule has 0 aliphatic carbocycles. The van der Waals surface area contributed by atoms with Crippen molar-refractivity contribution < 1.29 is 133 Å². The molecule has 434 valence electrons. The van der Waals surface area contributed by atoms with Crippen molar-refractivity contribution in [2.75, 3.05) is 13.2 Å². The van der Waals surface area contributed by atoms with Crippen LogP contribution in [0, 0.1) is 0 Å². The zero-order valence-electron chi connectivity index (χ0n) is 42.8. The molecular formula is C45H77N3O27. The van der Waals surface area contributed by atoms with Gasteiger partial charge in [0.2, 0.25) is 17.7 Å². The van der Waals surface area contributed by atoms with Gasteiger partial charge in [-0.15, -0.1) is 0 Å². The molecule has 0 aromatic carbocycles. The van der Waals surface area contributed by atoms with Gasteiger partial charge in [-0.05, 0) is 41.5 Å². The molecule has 30 heteroatoms. The molecule has 6 aliphatic heterocycles. The predicted molar refractivity (Wildman–Crippen MR) is 242 cm³/mol. The minimum absolute atomic E-state index is 0.608. The lowest BCUT2D eigenvalue weighted by atomic mass is 9.93. The Morgan fingerprint density at radius 1 is 0.360 bits per heavy atom. The maximum atomic E-state index is 12.7. The van der Waals surface area contributed by atoms with Crippen LogP contribution in [0.4, 0.5) is 0 Å². The van der Waals surface area contributed by atoms with Crippen molar-refractivity contribution in [3.05, 3.63) is 0 Å². The molecule has 3 amide bonds. The zero-order chi connectivity index (χ0) is 55.7. The van der Waals surface area contributed by atoms with E-state index in [2.05, 4.69) is 16.0 Å². The van der Waals surface area contributed by atoms with Crippen LogP contribution in [-0.4, -0.2) is 282 Å². The van der Waals surface area contributed by atoms with Crippen LogP contribution in [0.3, 0.4) is 0 Å². The van der Waals surface area contributed by atoms with Crippen LogP contribution in [-0.2, 0) is 71.2 Å². The Bertz CT molecular complexity index is 1860. The number of amides is 3. The van der Waals surface area contributed by atoms with Gasteiger partial charge in [0.25, 0.3) is 0 Å². The number of nitrogens with one attached hydrogen (secondary N) is 3. The summed E-state index contributed by atoms with van der Waals surface area (Å²) in [5.74, 6) is -1.93. The number of carbonyl (C=O) groups is 3. The van der Waals surface area contributed by atoms with Gasteiger partial charge in [0.05, 0.1) is 68.0 Å². The smallest absolute Gasteiger partial charge is 0.217 e. The molecule has 0 radical (unpaired) electrons. The van der Waals surface area contributed by atoms with Crippen molar-refractivity contribution in [3.8, 4) is 0 Å². The lowest BCUT2D eigenvalue weighted by molar-refractivity contribution is -0.392. The van der Waals surface area contributed by atoms with Gasteiger partial charge in [0.15, 0.2) is 37.7 Å². The molecule has 0 unspecified atom stereocenters. The number of hydrogen-bond acceptors (Lipinski definition) is 27. The molecule has 0 bridgehead atoms. The minimum Gasteiger partial charge on any atom is -0.394 e. The first-order chi connectivity index (χ1) is 35.2. The van der Waals surface area contributed by atoms with E-state index in [0.29, 0.717) is 0 Å². The zero-order valence-corrected chi connectivity index (χ0v) is 42.8. The number of rotatable bonds is 17. The van der Waals surface area contributed by atoms with E-state index in [1.165, 1.54) is 41.5 Å². The van der Waals surface area contributed by atoms with Gasteiger partial charge >= 0.3 is 0 Å². The normalized spacial score (nSPS) is 48.7. The lowest BCUT2D eigenvalue weighted by Crippen LogP contribution is -2.71. The van der Waals surface area contributed by atoms with Gasteiger partial charge in [-0.25, -0.2) is 0 Å². The quantitative estimate of drug-likeness (QED) is 0.0643. The van der Waals surface area contributed by atoms with Crippen LogP contribution in [0.2, 0.25) is 0 Å². The van der Waals surface area contributed by atoms with Crippen LogP contribution in [0.1, 0.15) is 62.3 Å². The maximum absolute atomic E-state index is 12.7. The van der Waals surface area contributed by atoms with Gasteiger partial charge in [-0.2, -0.15) is 0 Å². The SMILES string of the molecule is CC(=O)N[C@H]1[C@@H](O)[C@@H](C)O[C@H](O[C@H]2[C@@H](O[C@H]3[C@@H](O[C@@H]4[C@@H](O)[C@@H](O)[C@H](O[C@@H]5[C@@H](O)[C@H](C)O[C@@H](O[C@@H]6[C@@H](O)[C@H](C)O[C@@H](OC(CO)CO)[C@@H]6O)[C@@H]5O)O[C@H]4C)O[C@H](C)[C@H](O)[C@@H]3NC(C)=O)O[C@H](C)[C@H](O)[C@@H]2NC(C)=O)[C@@H]1O. The van der Waals surface area contributed by atoms with Crippen LogP contribution >= 0.6 is 0 Å². The third-order valence-corrected chi connectivity index (χ3v) is 14.1. The first-order valence-corrected chi connectivity index (χ1v) is 24.9. The molecule has 30 nitrogen and oxygen atoms in total. The molecule has 0 aromatic heterocycles. The Hall–Kier alpha value is -2.55. The fourth-order valence-electron chi connectivity index (χ4n) is 9.88. The molecule has 0 saturated carbocycles. The fraction of sp³-hybridized carbons (Fsp3) is 0.933.